The number of carbonyl (C=O) groups is 1. The molecule has 0 aliphatic rings. The number of nitrogens with one attached hydrogen (secondary N) is 1. The van der Waals surface area contributed by atoms with Crippen LogP contribution in [-0.2, 0) is 0 Å². The van der Waals surface area contributed by atoms with E-state index in [2.05, 4.69) is 5.32 Å². The van der Waals surface area contributed by atoms with Gasteiger partial charge in [-0.3, -0.25) is 4.79 Å². The molecule has 112 valence electrons. The maximum atomic E-state index is 12.1. The first-order valence-electron chi connectivity index (χ1n) is 6.75. The minimum absolute atomic E-state index is 0.148. The zero-order valence-electron chi connectivity index (χ0n) is 12.4. The van der Waals surface area contributed by atoms with Crippen LogP contribution in [0.15, 0.2) is 12.1 Å². The monoisotopic (exact) mass is 281 g/mol. The van der Waals surface area contributed by atoms with Crippen LogP contribution < -0.4 is 14.8 Å². The molecule has 0 aliphatic carbocycles. The third-order valence-electron chi connectivity index (χ3n) is 3.13. The summed E-state index contributed by atoms with van der Waals surface area (Å²) in [5.74, 6) is 1.12. The van der Waals surface area contributed by atoms with Crippen molar-refractivity contribution in [1.29, 1.82) is 0 Å². The second-order valence-electron chi connectivity index (χ2n) is 4.55. The van der Waals surface area contributed by atoms with Crippen molar-refractivity contribution in [3.63, 3.8) is 0 Å². The number of hydrogen-bond acceptors (Lipinski definition) is 4. The zero-order chi connectivity index (χ0) is 15.0. The van der Waals surface area contributed by atoms with Gasteiger partial charge in [-0.1, -0.05) is 0 Å². The van der Waals surface area contributed by atoms with Gasteiger partial charge in [-0.2, -0.15) is 0 Å². The van der Waals surface area contributed by atoms with E-state index in [1.807, 2.05) is 6.92 Å². The fourth-order valence-electron chi connectivity index (χ4n) is 1.93. The van der Waals surface area contributed by atoms with Gasteiger partial charge in [0.05, 0.1) is 14.2 Å². The molecular formula is C15H23NO4. The van der Waals surface area contributed by atoms with Crippen molar-refractivity contribution in [3.05, 3.63) is 23.3 Å². The Morgan fingerprint density at radius 1 is 1.15 bits per heavy atom. The summed E-state index contributed by atoms with van der Waals surface area (Å²) in [5, 5.41) is 11.5. The zero-order valence-corrected chi connectivity index (χ0v) is 12.4. The van der Waals surface area contributed by atoms with Gasteiger partial charge in [0.1, 0.15) is 11.5 Å². The Kier molecular flexibility index (Phi) is 6.87. The number of hydrogen-bond donors (Lipinski definition) is 2. The molecule has 0 radical (unpaired) electrons. The molecule has 0 aromatic heterocycles. The van der Waals surface area contributed by atoms with Gasteiger partial charge in [0.15, 0.2) is 0 Å². The predicted octanol–water partition coefficient (Wildman–Crippen LogP) is 1.90. The smallest absolute Gasteiger partial charge is 0.251 e. The van der Waals surface area contributed by atoms with Gasteiger partial charge in [-0.15, -0.1) is 0 Å². The standard InChI is InChI=1S/C15H23NO4/c1-11-13(19-2)9-12(10-14(11)20-3)15(18)16-7-5-4-6-8-17/h9-10,17H,4-8H2,1-3H3,(H,16,18). The van der Waals surface area contributed by atoms with E-state index in [1.165, 1.54) is 0 Å². The molecule has 20 heavy (non-hydrogen) atoms. The summed E-state index contributed by atoms with van der Waals surface area (Å²) in [7, 11) is 3.14. The molecule has 0 spiro atoms. The Labute approximate surface area is 119 Å². The lowest BCUT2D eigenvalue weighted by Gasteiger charge is -2.12. The largest absolute Gasteiger partial charge is 0.496 e. The number of aliphatic hydroxyl groups excluding tert-OH is 1. The minimum Gasteiger partial charge on any atom is -0.496 e. The Morgan fingerprint density at radius 3 is 2.25 bits per heavy atom. The second kappa shape index (κ2) is 8.43. The van der Waals surface area contributed by atoms with Gasteiger partial charge in [0.2, 0.25) is 0 Å². The highest BCUT2D eigenvalue weighted by Crippen LogP contribution is 2.29. The van der Waals surface area contributed by atoms with Crippen molar-refractivity contribution in [2.75, 3.05) is 27.4 Å². The maximum absolute atomic E-state index is 12.1. The molecule has 0 aliphatic heterocycles. The summed E-state index contributed by atoms with van der Waals surface area (Å²) < 4.78 is 10.5. The van der Waals surface area contributed by atoms with Crippen LogP contribution in [0.25, 0.3) is 0 Å². The third kappa shape index (κ3) is 4.42. The van der Waals surface area contributed by atoms with Gasteiger partial charge < -0.3 is 19.9 Å². The number of unbranched alkanes of at least 4 members (excludes halogenated alkanes) is 2. The first kappa shape index (κ1) is 16.3. The molecule has 1 aromatic rings. The number of benzene rings is 1. The van der Waals surface area contributed by atoms with Crippen molar-refractivity contribution in [3.8, 4) is 11.5 Å². The Balaban J connectivity index is 2.68. The van der Waals surface area contributed by atoms with Crippen molar-refractivity contribution in [1.82, 2.24) is 5.32 Å². The average molecular weight is 281 g/mol. The molecule has 5 nitrogen and oxygen atoms in total. The highest BCUT2D eigenvalue weighted by atomic mass is 16.5. The lowest BCUT2D eigenvalue weighted by atomic mass is 10.1. The highest BCUT2D eigenvalue weighted by Gasteiger charge is 2.13. The molecule has 0 bridgehead atoms. The Bertz CT molecular complexity index is 420. The molecule has 0 fully saturated rings. The van der Waals surface area contributed by atoms with Crippen LogP contribution in [-0.4, -0.2) is 38.4 Å². The van der Waals surface area contributed by atoms with Crippen molar-refractivity contribution in [2.45, 2.75) is 26.2 Å². The van der Waals surface area contributed by atoms with Gasteiger partial charge in [0, 0.05) is 24.3 Å². The number of methoxy groups -OCH3 is 2. The van der Waals surface area contributed by atoms with Crippen LogP contribution >= 0.6 is 0 Å². The van der Waals surface area contributed by atoms with E-state index >= 15 is 0 Å². The summed E-state index contributed by atoms with van der Waals surface area (Å²) >= 11 is 0. The first-order valence-corrected chi connectivity index (χ1v) is 6.75. The number of carbonyl (C=O) groups excluding carboxylic acids is 1. The minimum atomic E-state index is -0.148. The lowest BCUT2D eigenvalue weighted by molar-refractivity contribution is 0.0952. The highest BCUT2D eigenvalue weighted by molar-refractivity contribution is 5.95. The van der Waals surface area contributed by atoms with E-state index in [1.54, 1.807) is 26.4 Å². The topological polar surface area (TPSA) is 67.8 Å². The molecule has 0 saturated carbocycles. The molecule has 5 heteroatoms. The molecule has 0 saturated heterocycles. The van der Waals surface area contributed by atoms with Crippen LogP contribution in [0.1, 0.15) is 35.2 Å². The van der Waals surface area contributed by atoms with Crippen molar-refractivity contribution in [2.24, 2.45) is 0 Å². The first-order chi connectivity index (χ1) is 9.63. The second-order valence-corrected chi connectivity index (χ2v) is 4.55. The molecule has 1 amide bonds. The maximum Gasteiger partial charge on any atom is 0.251 e. The average Bonchev–Trinajstić information content (AvgIpc) is 2.47. The normalized spacial score (nSPS) is 10.2. The fraction of sp³-hybridized carbons (Fsp3) is 0.533. The van der Waals surface area contributed by atoms with Crippen LogP contribution in [0.5, 0.6) is 11.5 Å². The van der Waals surface area contributed by atoms with Gasteiger partial charge in [0.25, 0.3) is 5.91 Å². The van der Waals surface area contributed by atoms with E-state index < -0.39 is 0 Å². The summed E-state index contributed by atoms with van der Waals surface area (Å²) in [6.07, 6.45) is 2.52. The van der Waals surface area contributed by atoms with Crippen LogP contribution in [0.2, 0.25) is 0 Å². The van der Waals surface area contributed by atoms with Gasteiger partial charge in [-0.05, 0) is 38.3 Å². The lowest BCUT2D eigenvalue weighted by Crippen LogP contribution is -2.24. The van der Waals surface area contributed by atoms with Crippen LogP contribution in [0.4, 0.5) is 0 Å². The van der Waals surface area contributed by atoms with Crippen LogP contribution in [0, 0.1) is 6.92 Å². The van der Waals surface area contributed by atoms with E-state index in [0.29, 0.717) is 23.6 Å². The van der Waals surface area contributed by atoms with E-state index in [-0.39, 0.29) is 12.5 Å². The number of ether oxygens (including phenoxy) is 2. The molecule has 0 atom stereocenters. The SMILES string of the molecule is COc1cc(C(=O)NCCCCCO)cc(OC)c1C. The Hall–Kier alpha value is -1.75. The summed E-state index contributed by atoms with van der Waals surface area (Å²) in [5.41, 5.74) is 1.39. The number of amides is 1. The molecule has 0 heterocycles. The molecule has 1 rings (SSSR count). The molecule has 1 aromatic carbocycles. The van der Waals surface area contributed by atoms with Gasteiger partial charge >= 0.3 is 0 Å². The number of rotatable bonds is 8. The quantitative estimate of drug-likeness (QED) is 0.714. The van der Waals surface area contributed by atoms with Gasteiger partial charge in [-0.25, -0.2) is 0 Å². The van der Waals surface area contributed by atoms with Crippen molar-refractivity contribution < 1.29 is 19.4 Å². The fourth-order valence-corrected chi connectivity index (χ4v) is 1.93. The van der Waals surface area contributed by atoms with E-state index in [9.17, 15) is 4.79 Å². The molecular weight excluding hydrogens is 258 g/mol. The summed E-state index contributed by atoms with van der Waals surface area (Å²) in [6.45, 7) is 2.67. The predicted molar refractivity (Wildman–Crippen MR) is 77.6 cm³/mol. The van der Waals surface area contributed by atoms with E-state index in [4.69, 9.17) is 14.6 Å². The molecule has 0 unspecified atom stereocenters. The van der Waals surface area contributed by atoms with E-state index in [0.717, 1.165) is 24.8 Å². The van der Waals surface area contributed by atoms with Crippen molar-refractivity contribution >= 4 is 5.91 Å². The number of aliphatic hydroxyl groups is 1. The molecule has 2 N–H and O–H groups in total. The summed E-state index contributed by atoms with van der Waals surface area (Å²) in [4.78, 5) is 12.1. The summed E-state index contributed by atoms with van der Waals surface area (Å²) in [6, 6.07) is 3.42. The van der Waals surface area contributed by atoms with Crippen LogP contribution in [0.3, 0.4) is 0 Å². The Morgan fingerprint density at radius 2 is 1.75 bits per heavy atom. The third-order valence-corrected chi connectivity index (χ3v) is 3.13.